The van der Waals surface area contributed by atoms with E-state index in [9.17, 15) is 17.6 Å². The van der Waals surface area contributed by atoms with Crippen LogP contribution in [-0.2, 0) is 21.2 Å². The Morgan fingerprint density at radius 1 is 1.08 bits per heavy atom. The molecule has 0 aliphatic heterocycles. The molecule has 0 aliphatic carbocycles. The second kappa shape index (κ2) is 8.22. The fourth-order valence-electron chi connectivity index (χ4n) is 2.40. The average Bonchev–Trinajstić information content (AvgIpc) is 2.54. The number of nitrogens with one attached hydrogen (secondary N) is 2. The van der Waals surface area contributed by atoms with Crippen molar-refractivity contribution in [2.75, 3.05) is 11.6 Å². The van der Waals surface area contributed by atoms with E-state index in [1.807, 2.05) is 19.1 Å². The van der Waals surface area contributed by atoms with Gasteiger partial charge < -0.3 is 5.32 Å². The van der Waals surface area contributed by atoms with Crippen LogP contribution in [0.5, 0.6) is 0 Å². The molecule has 1 atom stereocenters. The van der Waals surface area contributed by atoms with E-state index in [4.69, 9.17) is 0 Å². The van der Waals surface area contributed by atoms with Crippen LogP contribution >= 0.6 is 0 Å². The van der Waals surface area contributed by atoms with Gasteiger partial charge in [0.05, 0.1) is 12.3 Å². The van der Waals surface area contributed by atoms with Crippen LogP contribution in [0.2, 0.25) is 0 Å². The molecule has 0 radical (unpaired) electrons. The zero-order valence-corrected chi connectivity index (χ0v) is 14.9. The summed E-state index contributed by atoms with van der Waals surface area (Å²) in [5.41, 5.74) is 2.31. The maximum absolute atomic E-state index is 13.1. The molecule has 0 aliphatic rings. The van der Waals surface area contributed by atoms with Crippen molar-refractivity contribution in [3.63, 3.8) is 0 Å². The molecule has 0 saturated carbocycles. The molecule has 25 heavy (non-hydrogen) atoms. The van der Waals surface area contributed by atoms with Gasteiger partial charge in [0.25, 0.3) is 0 Å². The standard InChI is InChI=1S/C18H21FN2O3S/c1-3-13-4-10-16(11-5-13)20-18(22)12-17(21-25(2,23)24)14-6-8-15(19)9-7-14/h4-11,17,21H,3,12H2,1-2H3,(H,20,22)/t17-/m0/s1. The van der Waals surface area contributed by atoms with E-state index in [2.05, 4.69) is 10.0 Å². The van der Waals surface area contributed by atoms with E-state index in [-0.39, 0.29) is 12.3 Å². The molecular weight excluding hydrogens is 343 g/mol. The van der Waals surface area contributed by atoms with Crippen molar-refractivity contribution >= 4 is 21.6 Å². The summed E-state index contributed by atoms with van der Waals surface area (Å²) in [6, 6.07) is 12.0. The lowest BCUT2D eigenvalue weighted by Crippen LogP contribution is -2.30. The van der Waals surface area contributed by atoms with E-state index in [0.717, 1.165) is 18.2 Å². The van der Waals surface area contributed by atoms with Crippen LogP contribution in [0.25, 0.3) is 0 Å². The Morgan fingerprint density at radius 2 is 1.68 bits per heavy atom. The fourth-order valence-corrected chi connectivity index (χ4v) is 3.14. The van der Waals surface area contributed by atoms with Gasteiger partial charge in [0, 0.05) is 12.1 Å². The van der Waals surface area contributed by atoms with Gasteiger partial charge in [0.2, 0.25) is 15.9 Å². The van der Waals surface area contributed by atoms with Gasteiger partial charge in [-0.3, -0.25) is 4.79 Å². The zero-order valence-electron chi connectivity index (χ0n) is 14.1. The molecule has 2 aromatic carbocycles. The van der Waals surface area contributed by atoms with Crippen molar-refractivity contribution < 1.29 is 17.6 Å². The second-order valence-corrected chi connectivity index (χ2v) is 7.58. The lowest BCUT2D eigenvalue weighted by atomic mass is 10.0. The van der Waals surface area contributed by atoms with Crippen molar-refractivity contribution in [2.45, 2.75) is 25.8 Å². The third-order valence-electron chi connectivity index (χ3n) is 3.66. The number of carbonyl (C=O) groups is 1. The summed E-state index contributed by atoms with van der Waals surface area (Å²) < 4.78 is 38.6. The lowest BCUT2D eigenvalue weighted by Gasteiger charge is -2.18. The largest absolute Gasteiger partial charge is 0.326 e. The quantitative estimate of drug-likeness (QED) is 0.793. The molecular formula is C18H21FN2O3S. The van der Waals surface area contributed by atoms with Gasteiger partial charge in [-0.2, -0.15) is 0 Å². The van der Waals surface area contributed by atoms with E-state index >= 15 is 0 Å². The van der Waals surface area contributed by atoms with Crippen molar-refractivity contribution in [3.8, 4) is 0 Å². The van der Waals surface area contributed by atoms with E-state index in [1.54, 1.807) is 12.1 Å². The summed E-state index contributed by atoms with van der Waals surface area (Å²) >= 11 is 0. The molecule has 134 valence electrons. The van der Waals surface area contributed by atoms with Crippen LogP contribution in [0.3, 0.4) is 0 Å². The van der Waals surface area contributed by atoms with Crippen molar-refractivity contribution in [1.29, 1.82) is 0 Å². The third-order valence-corrected chi connectivity index (χ3v) is 4.38. The number of sulfonamides is 1. The van der Waals surface area contributed by atoms with Gasteiger partial charge in [0.15, 0.2) is 0 Å². The van der Waals surface area contributed by atoms with Crippen molar-refractivity contribution in [2.24, 2.45) is 0 Å². The highest BCUT2D eigenvalue weighted by molar-refractivity contribution is 7.88. The summed E-state index contributed by atoms with van der Waals surface area (Å²) in [7, 11) is -3.53. The van der Waals surface area contributed by atoms with E-state index < -0.39 is 21.9 Å². The normalized spacial score (nSPS) is 12.6. The summed E-state index contributed by atoms with van der Waals surface area (Å²) in [4.78, 5) is 12.3. The average molecular weight is 364 g/mol. The number of hydrogen-bond acceptors (Lipinski definition) is 3. The topological polar surface area (TPSA) is 75.3 Å². The molecule has 2 aromatic rings. The molecule has 0 heterocycles. The molecule has 2 rings (SSSR count). The Balaban J connectivity index is 2.11. The molecule has 0 bridgehead atoms. The highest BCUT2D eigenvalue weighted by atomic mass is 32.2. The number of aryl methyl sites for hydroxylation is 1. The van der Waals surface area contributed by atoms with Crippen LogP contribution in [-0.4, -0.2) is 20.6 Å². The van der Waals surface area contributed by atoms with Crippen LogP contribution in [0.15, 0.2) is 48.5 Å². The van der Waals surface area contributed by atoms with Crippen LogP contribution in [0.4, 0.5) is 10.1 Å². The van der Waals surface area contributed by atoms with Gasteiger partial charge in [-0.05, 0) is 41.8 Å². The second-order valence-electron chi connectivity index (χ2n) is 5.80. The van der Waals surface area contributed by atoms with Crippen molar-refractivity contribution in [3.05, 3.63) is 65.5 Å². The molecule has 0 unspecified atom stereocenters. The number of benzene rings is 2. The van der Waals surface area contributed by atoms with Crippen molar-refractivity contribution in [1.82, 2.24) is 4.72 Å². The van der Waals surface area contributed by atoms with Gasteiger partial charge in [-0.1, -0.05) is 31.2 Å². The Hall–Kier alpha value is -2.25. The maximum Gasteiger partial charge on any atom is 0.226 e. The Kier molecular flexibility index (Phi) is 6.27. The van der Waals surface area contributed by atoms with Gasteiger partial charge in [0.1, 0.15) is 5.82 Å². The fraction of sp³-hybridized carbons (Fsp3) is 0.278. The molecule has 1 amide bonds. The number of amides is 1. The lowest BCUT2D eigenvalue weighted by molar-refractivity contribution is -0.116. The van der Waals surface area contributed by atoms with Gasteiger partial charge in [-0.15, -0.1) is 0 Å². The third kappa shape index (κ3) is 6.28. The number of halogens is 1. The molecule has 0 spiro atoms. The molecule has 0 fully saturated rings. The van der Waals surface area contributed by atoms with E-state index in [0.29, 0.717) is 11.3 Å². The molecule has 7 heteroatoms. The zero-order chi connectivity index (χ0) is 18.4. The minimum absolute atomic E-state index is 0.103. The van der Waals surface area contributed by atoms with Crippen LogP contribution < -0.4 is 10.0 Å². The number of rotatable bonds is 7. The molecule has 0 aromatic heterocycles. The Labute approximate surface area is 147 Å². The summed E-state index contributed by atoms with van der Waals surface area (Å²) in [6.45, 7) is 2.04. The van der Waals surface area contributed by atoms with E-state index in [1.165, 1.54) is 24.3 Å². The highest BCUT2D eigenvalue weighted by Gasteiger charge is 2.20. The highest BCUT2D eigenvalue weighted by Crippen LogP contribution is 2.20. The first-order chi connectivity index (χ1) is 11.8. The molecule has 0 saturated heterocycles. The number of anilines is 1. The van der Waals surface area contributed by atoms with Crippen LogP contribution in [0.1, 0.15) is 30.5 Å². The minimum Gasteiger partial charge on any atom is -0.326 e. The first kappa shape index (κ1) is 19.1. The summed E-state index contributed by atoms with van der Waals surface area (Å²) in [5.74, 6) is -0.767. The number of hydrogen-bond donors (Lipinski definition) is 2. The van der Waals surface area contributed by atoms with Gasteiger partial charge >= 0.3 is 0 Å². The van der Waals surface area contributed by atoms with Gasteiger partial charge in [-0.25, -0.2) is 17.5 Å². The first-order valence-electron chi connectivity index (χ1n) is 7.88. The summed E-state index contributed by atoms with van der Waals surface area (Å²) in [6.07, 6.45) is 1.82. The number of carbonyl (C=O) groups excluding carboxylic acids is 1. The predicted molar refractivity (Wildman–Crippen MR) is 96.2 cm³/mol. The minimum atomic E-state index is -3.53. The Bertz CT molecular complexity index is 818. The predicted octanol–water partition coefficient (Wildman–Crippen LogP) is 3.01. The van der Waals surface area contributed by atoms with Crippen LogP contribution in [0, 0.1) is 5.82 Å². The smallest absolute Gasteiger partial charge is 0.226 e. The summed E-state index contributed by atoms with van der Waals surface area (Å²) in [5, 5.41) is 2.74. The first-order valence-corrected chi connectivity index (χ1v) is 9.77. The molecule has 2 N–H and O–H groups in total. The Morgan fingerprint density at radius 3 is 2.20 bits per heavy atom. The molecule has 5 nitrogen and oxygen atoms in total. The maximum atomic E-state index is 13.1. The monoisotopic (exact) mass is 364 g/mol. The SMILES string of the molecule is CCc1ccc(NC(=O)C[C@H](NS(C)(=O)=O)c2ccc(F)cc2)cc1.